The SMILES string of the molecule is C[C@H]1CC[C@@]2(CN(Cc3c(F)cc(F)cc3F)C(=O)O2)[C@H]2CN1C(=O)c1c(O)c(=O)c(C(N)=O)cn12. The number of primary amides is 1. The maximum atomic E-state index is 14.3. The largest absolute Gasteiger partial charge is 0.503 e. The number of nitrogens with zero attached hydrogens (tertiary/aromatic N) is 3. The molecule has 0 unspecified atom stereocenters. The summed E-state index contributed by atoms with van der Waals surface area (Å²) in [6.45, 7) is 1.06. The normalized spacial score (nSPS) is 25.1. The van der Waals surface area contributed by atoms with Gasteiger partial charge in [-0.15, -0.1) is 0 Å². The Kier molecular flexibility index (Phi) is 5.27. The molecule has 0 aliphatic carbocycles. The zero-order valence-electron chi connectivity index (χ0n) is 19.0. The Hall–Kier alpha value is -4.03. The number of benzene rings is 1. The molecule has 3 aliphatic heterocycles. The van der Waals surface area contributed by atoms with E-state index in [0.717, 1.165) is 11.1 Å². The van der Waals surface area contributed by atoms with Crippen LogP contribution in [0.15, 0.2) is 23.1 Å². The van der Waals surface area contributed by atoms with Crippen LogP contribution in [-0.2, 0) is 11.3 Å². The molecule has 3 amide bonds. The lowest BCUT2D eigenvalue weighted by Gasteiger charge is -2.42. The Morgan fingerprint density at radius 2 is 1.89 bits per heavy atom. The Balaban J connectivity index is 1.60. The number of fused-ring (bicyclic) bond motifs is 5. The minimum absolute atomic E-state index is 0.00784. The molecule has 3 N–H and O–H groups in total. The Morgan fingerprint density at radius 3 is 2.53 bits per heavy atom. The fourth-order valence-electron chi connectivity index (χ4n) is 5.32. The second-order valence-electron chi connectivity index (χ2n) is 9.34. The summed E-state index contributed by atoms with van der Waals surface area (Å²) in [6, 6.07) is -0.211. The second-order valence-corrected chi connectivity index (χ2v) is 9.34. The maximum Gasteiger partial charge on any atom is 0.410 e. The highest BCUT2D eigenvalue weighted by Gasteiger charge is 2.56. The van der Waals surface area contributed by atoms with E-state index in [0.29, 0.717) is 18.6 Å². The quantitative estimate of drug-likeness (QED) is 0.650. The van der Waals surface area contributed by atoms with Gasteiger partial charge in [0.05, 0.1) is 19.1 Å². The van der Waals surface area contributed by atoms with Crippen molar-refractivity contribution in [2.45, 2.75) is 44.0 Å². The van der Waals surface area contributed by atoms with Crippen molar-refractivity contribution in [1.29, 1.82) is 0 Å². The van der Waals surface area contributed by atoms with E-state index in [9.17, 15) is 37.5 Å². The Bertz CT molecular complexity index is 1370. The van der Waals surface area contributed by atoms with Gasteiger partial charge in [0, 0.05) is 36.5 Å². The molecule has 0 radical (unpaired) electrons. The smallest absolute Gasteiger partial charge is 0.410 e. The van der Waals surface area contributed by atoms with Crippen molar-refractivity contribution in [3.05, 3.63) is 62.8 Å². The molecule has 2 saturated heterocycles. The fraction of sp³-hybridized carbons (Fsp3) is 0.391. The van der Waals surface area contributed by atoms with Crippen LogP contribution < -0.4 is 11.2 Å². The predicted molar refractivity (Wildman–Crippen MR) is 116 cm³/mol. The van der Waals surface area contributed by atoms with Crippen LogP contribution in [0.1, 0.15) is 52.2 Å². The van der Waals surface area contributed by atoms with Crippen LogP contribution in [0.5, 0.6) is 5.75 Å². The molecule has 5 rings (SSSR count). The molecule has 1 aromatic carbocycles. The van der Waals surface area contributed by atoms with Crippen molar-refractivity contribution in [2.24, 2.45) is 5.73 Å². The summed E-state index contributed by atoms with van der Waals surface area (Å²) in [6.07, 6.45) is 0.758. The first-order valence-electron chi connectivity index (χ1n) is 11.1. The van der Waals surface area contributed by atoms with E-state index in [2.05, 4.69) is 0 Å². The van der Waals surface area contributed by atoms with E-state index in [-0.39, 0.29) is 31.2 Å². The van der Waals surface area contributed by atoms with E-state index in [1.165, 1.54) is 9.47 Å². The van der Waals surface area contributed by atoms with Gasteiger partial charge in [0.2, 0.25) is 5.43 Å². The van der Waals surface area contributed by atoms with Crippen molar-refractivity contribution in [3.63, 3.8) is 0 Å². The van der Waals surface area contributed by atoms with Gasteiger partial charge in [-0.05, 0) is 19.8 Å². The minimum Gasteiger partial charge on any atom is -0.503 e. The summed E-state index contributed by atoms with van der Waals surface area (Å²) in [5, 5.41) is 10.6. The lowest BCUT2D eigenvalue weighted by atomic mass is 9.87. The third kappa shape index (κ3) is 3.40. The molecule has 1 aromatic heterocycles. The summed E-state index contributed by atoms with van der Waals surface area (Å²) in [5.74, 6) is -6.14. The van der Waals surface area contributed by atoms with Gasteiger partial charge >= 0.3 is 6.09 Å². The molecule has 3 atom stereocenters. The number of amides is 3. The molecular weight excluding hydrogens is 485 g/mol. The number of aromatic nitrogens is 1. The molecule has 2 aromatic rings. The van der Waals surface area contributed by atoms with Gasteiger partial charge in [0.15, 0.2) is 17.0 Å². The molecule has 3 aliphatic rings. The third-order valence-corrected chi connectivity index (χ3v) is 7.23. The van der Waals surface area contributed by atoms with Crippen molar-refractivity contribution in [2.75, 3.05) is 13.1 Å². The van der Waals surface area contributed by atoms with Crippen LogP contribution in [0.4, 0.5) is 18.0 Å². The Morgan fingerprint density at radius 1 is 1.22 bits per heavy atom. The number of hydrogen-bond acceptors (Lipinski definition) is 6. The highest BCUT2D eigenvalue weighted by molar-refractivity contribution is 5.99. The van der Waals surface area contributed by atoms with E-state index >= 15 is 0 Å². The molecule has 36 heavy (non-hydrogen) atoms. The van der Waals surface area contributed by atoms with Gasteiger partial charge in [-0.3, -0.25) is 19.3 Å². The van der Waals surface area contributed by atoms with Crippen LogP contribution in [0.3, 0.4) is 0 Å². The topological polar surface area (TPSA) is 135 Å². The highest BCUT2D eigenvalue weighted by atomic mass is 19.1. The lowest BCUT2D eigenvalue weighted by molar-refractivity contribution is -0.00223. The summed E-state index contributed by atoms with van der Waals surface area (Å²) < 4.78 is 48.9. The van der Waals surface area contributed by atoms with E-state index in [1.54, 1.807) is 6.92 Å². The lowest BCUT2D eigenvalue weighted by Crippen LogP contribution is -2.53. The average Bonchev–Trinajstić information content (AvgIpc) is 3.06. The number of nitrogens with two attached hydrogens (primary N) is 1. The number of hydrogen-bond donors (Lipinski definition) is 2. The molecule has 13 heteroatoms. The van der Waals surface area contributed by atoms with Gasteiger partial charge in [-0.2, -0.15) is 0 Å². The number of carbonyl (C=O) groups is 3. The number of halogens is 3. The Labute approximate surface area is 201 Å². The van der Waals surface area contributed by atoms with Gasteiger partial charge in [0.25, 0.3) is 11.8 Å². The van der Waals surface area contributed by atoms with Crippen molar-refractivity contribution >= 4 is 17.9 Å². The first kappa shape index (κ1) is 23.7. The first-order valence-corrected chi connectivity index (χ1v) is 11.1. The van der Waals surface area contributed by atoms with Crippen molar-refractivity contribution in [3.8, 4) is 5.75 Å². The number of ether oxygens (including phenoxy) is 1. The summed E-state index contributed by atoms with van der Waals surface area (Å²) in [4.78, 5) is 52.9. The third-order valence-electron chi connectivity index (χ3n) is 7.23. The first-order chi connectivity index (χ1) is 16.9. The molecule has 10 nitrogen and oxygen atoms in total. The van der Waals surface area contributed by atoms with E-state index in [4.69, 9.17) is 10.5 Å². The van der Waals surface area contributed by atoms with E-state index in [1.807, 2.05) is 0 Å². The van der Waals surface area contributed by atoms with Gasteiger partial charge in [-0.25, -0.2) is 18.0 Å². The molecular formula is C23H21F3N4O6. The van der Waals surface area contributed by atoms with Crippen LogP contribution >= 0.6 is 0 Å². The van der Waals surface area contributed by atoms with Gasteiger partial charge in [-0.1, -0.05) is 0 Å². The summed E-state index contributed by atoms with van der Waals surface area (Å²) in [5.41, 5.74) is 1.39. The van der Waals surface area contributed by atoms with Gasteiger partial charge < -0.3 is 25.0 Å². The zero-order chi connectivity index (χ0) is 26.1. The molecule has 1 spiro atoms. The number of aromatic hydroxyl groups is 1. The second kappa shape index (κ2) is 8.00. The number of rotatable bonds is 3. The van der Waals surface area contributed by atoms with Crippen LogP contribution in [0.2, 0.25) is 0 Å². The van der Waals surface area contributed by atoms with Crippen LogP contribution in [0, 0.1) is 17.5 Å². The number of pyridine rings is 1. The summed E-state index contributed by atoms with van der Waals surface area (Å²) in [7, 11) is 0. The number of carbonyl (C=O) groups excluding carboxylic acids is 3. The van der Waals surface area contributed by atoms with Crippen LogP contribution in [-0.4, -0.2) is 62.1 Å². The molecule has 2 fully saturated rings. The molecule has 4 heterocycles. The zero-order valence-corrected chi connectivity index (χ0v) is 19.0. The summed E-state index contributed by atoms with van der Waals surface area (Å²) >= 11 is 0. The molecule has 2 bridgehead atoms. The monoisotopic (exact) mass is 506 g/mol. The molecule has 190 valence electrons. The standard InChI is InChI=1S/C23H21F3N4O6/c1-10-2-3-23(9-28(22(35)36-23)6-12-14(25)4-11(24)5-15(12)26)16-8-29(10)21(34)17-19(32)18(31)13(20(27)33)7-30(16)17/h4-5,7,10,16,32H,2-3,6,8-9H2,1H3,(H2,27,33)/t10-,16+,23+/m0/s1. The van der Waals surface area contributed by atoms with E-state index < -0.39 is 75.9 Å². The highest BCUT2D eigenvalue weighted by Crippen LogP contribution is 2.45. The maximum absolute atomic E-state index is 14.3. The fourth-order valence-corrected chi connectivity index (χ4v) is 5.32. The van der Waals surface area contributed by atoms with Crippen LogP contribution in [0.25, 0.3) is 0 Å². The average molecular weight is 506 g/mol. The minimum atomic E-state index is -1.35. The predicted octanol–water partition coefficient (Wildman–Crippen LogP) is 1.64. The molecule has 0 saturated carbocycles. The van der Waals surface area contributed by atoms with Crippen molar-refractivity contribution in [1.82, 2.24) is 14.4 Å². The van der Waals surface area contributed by atoms with Gasteiger partial charge in [0.1, 0.15) is 23.0 Å². The van der Waals surface area contributed by atoms with Crippen molar-refractivity contribution < 1.29 is 37.4 Å².